The Balaban J connectivity index is 2.41. The zero-order chi connectivity index (χ0) is 9.26. The minimum atomic E-state index is -0.231. The monoisotopic (exact) mass is 194 g/mol. The van der Waals surface area contributed by atoms with Crippen molar-refractivity contribution in [1.82, 2.24) is 9.36 Å². The van der Waals surface area contributed by atoms with E-state index in [-0.39, 0.29) is 5.82 Å². The summed E-state index contributed by atoms with van der Waals surface area (Å²) in [5, 5.41) is 0.831. The van der Waals surface area contributed by atoms with Crippen molar-refractivity contribution < 1.29 is 4.39 Å². The molecule has 13 heavy (non-hydrogen) atoms. The van der Waals surface area contributed by atoms with Gasteiger partial charge >= 0.3 is 0 Å². The Hall–Kier alpha value is -1.29. The van der Waals surface area contributed by atoms with Crippen LogP contribution in [0.5, 0.6) is 0 Å². The van der Waals surface area contributed by atoms with E-state index in [0.29, 0.717) is 0 Å². The van der Waals surface area contributed by atoms with Gasteiger partial charge in [-0.05, 0) is 42.7 Å². The quantitative estimate of drug-likeness (QED) is 0.697. The van der Waals surface area contributed by atoms with Crippen LogP contribution in [0.1, 0.15) is 5.82 Å². The molecule has 0 aliphatic carbocycles. The second-order valence-corrected chi connectivity index (χ2v) is 3.41. The van der Waals surface area contributed by atoms with Gasteiger partial charge in [0.15, 0.2) is 0 Å². The van der Waals surface area contributed by atoms with E-state index in [9.17, 15) is 4.39 Å². The molecule has 1 heterocycles. The number of nitrogens with zero attached hydrogens (tertiary/aromatic N) is 2. The van der Waals surface area contributed by atoms with Crippen LogP contribution in [0.15, 0.2) is 24.3 Å². The van der Waals surface area contributed by atoms with E-state index < -0.39 is 0 Å². The molecule has 0 fully saturated rings. The molecular formula is C9H7FN2S. The number of halogens is 1. The SMILES string of the molecule is Cc1nsc(-c2ccc(F)cc2)n1. The fourth-order valence-corrected chi connectivity index (χ4v) is 1.68. The molecule has 0 unspecified atom stereocenters. The maximum atomic E-state index is 12.6. The topological polar surface area (TPSA) is 25.8 Å². The summed E-state index contributed by atoms with van der Waals surface area (Å²) in [6.07, 6.45) is 0. The first-order valence-electron chi connectivity index (χ1n) is 3.82. The van der Waals surface area contributed by atoms with Crippen molar-refractivity contribution >= 4 is 11.5 Å². The summed E-state index contributed by atoms with van der Waals surface area (Å²) in [7, 11) is 0. The van der Waals surface area contributed by atoms with Gasteiger partial charge in [-0.1, -0.05) is 0 Å². The van der Waals surface area contributed by atoms with Crippen LogP contribution in [0.25, 0.3) is 10.6 Å². The molecule has 66 valence electrons. The van der Waals surface area contributed by atoms with Crippen LogP contribution in [0.3, 0.4) is 0 Å². The highest BCUT2D eigenvalue weighted by Crippen LogP contribution is 2.20. The van der Waals surface area contributed by atoms with Crippen molar-refractivity contribution in [2.24, 2.45) is 0 Å². The van der Waals surface area contributed by atoms with Gasteiger partial charge in [0.2, 0.25) is 0 Å². The normalized spacial score (nSPS) is 10.3. The van der Waals surface area contributed by atoms with Gasteiger partial charge in [-0.2, -0.15) is 4.37 Å². The largest absolute Gasteiger partial charge is 0.220 e. The van der Waals surface area contributed by atoms with Gasteiger partial charge in [-0.25, -0.2) is 9.37 Å². The van der Waals surface area contributed by atoms with Crippen molar-refractivity contribution in [3.05, 3.63) is 35.9 Å². The molecule has 1 aromatic heterocycles. The molecule has 1 aromatic carbocycles. The van der Waals surface area contributed by atoms with E-state index in [4.69, 9.17) is 0 Å². The van der Waals surface area contributed by atoms with Crippen LogP contribution in [0, 0.1) is 12.7 Å². The summed E-state index contributed by atoms with van der Waals surface area (Å²) in [4.78, 5) is 4.20. The molecule has 0 atom stereocenters. The molecular weight excluding hydrogens is 187 g/mol. The smallest absolute Gasteiger partial charge is 0.144 e. The van der Waals surface area contributed by atoms with Crippen LogP contribution in [-0.2, 0) is 0 Å². The van der Waals surface area contributed by atoms with Gasteiger partial charge in [0, 0.05) is 5.56 Å². The number of aryl methyl sites for hydroxylation is 1. The highest BCUT2D eigenvalue weighted by atomic mass is 32.1. The third kappa shape index (κ3) is 1.72. The standard InChI is InChI=1S/C9H7FN2S/c1-6-11-9(13-12-6)7-2-4-8(10)5-3-7/h2-5H,1H3. The Morgan fingerprint density at radius 2 is 1.92 bits per heavy atom. The Morgan fingerprint density at radius 1 is 1.23 bits per heavy atom. The summed E-state index contributed by atoms with van der Waals surface area (Å²) < 4.78 is 16.6. The Labute approximate surface area is 79.2 Å². The zero-order valence-corrected chi connectivity index (χ0v) is 7.81. The summed E-state index contributed by atoms with van der Waals surface area (Å²) in [5.41, 5.74) is 0.909. The van der Waals surface area contributed by atoms with Gasteiger partial charge in [-0.3, -0.25) is 0 Å². The van der Waals surface area contributed by atoms with Crippen molar-refractivity contribution in [3.8, 4) is 10.6 Å². The maximum absolute atomic E-state index is 12.6. The lowest BCUT2D eigenvalue weighted by Gasteiger charge is -1.93. The Kier molecular flexibility index (Phi) is 2.06. The molecule has 0 aliphatic heterocycles. The van der Waals surface area contributed by atoms with E-state index in [1.807, 2.05) is 6.92 Å². The first kappa shape index (κ1) is 8.31. The molecule has 2 aromatic rings. The van der Waals surface area contributed by atoms with Crippen molar-refractivity contribution in [2.45, 2.75) is 6.92 Å². The number of hydrogen-bond acceptors (Lipinski definition) is 3. The van der Waals surface area contributed by atoms with Crippen molar-refractivity contribution in [3.63, 3.8) is 0 Å². The predicted molar refractivity (Wildman–Crippen MR) is 50.0 cm³/mol. The summed E-state index contributed by atoms with van der Waals surface area (Å²) in [5.74, 6) is 0.523. The maximum Gasteiger partial charge on any atom is 0.144 e. The lowest BCUT2D eigenvalue weighted by molar-refractivity contribution is 0.628. The van der Waals surface area contributed by atoms with Crippen LogP contribution >= 0.6 is 11.5 Å². The highest BCUT2D eigenvalue weighted by molar-refractivity contribution is 7.09. The summed E-state index contributed by atoms with van der Waals surface area (Å²) >= 11 is 1.32. The van der Waals surface area contributed by atoms with Crippen LogP contribution in [0.2, 0.25) is 0 Å². The number of hydrogen-bond donors (Lipinski definition) is 0. The van der Waals surface area contributed by atoms with Crippen molar-refractivity contribution in [1.29, 1.82) is 0 Å². The molecule has 0 saturated carbocycles. The minimum absolute atomic E-state index is 0.231. The Morgan fingerprint density at radius 3 is 2.46 bits per heavy atom. The second kappa shape index (κ2) is 3.22. The highest BCUT2D eigenvalue weighted by Gasteiger charge is 2.02. The van der Waals surface area contributed by atoms with E-state index in [0.717, 1.165) is 16.4 Å². The van der Waals surface area contributed by atoms with Gasteiger partial charge in [0.05, 0.1) is 0 Å². The van der Waals surface area contributed by atoms with E-state index >= 15 is 0 Å². The molecule has 0 bridgehead atoms. The molecule has 2 nitrogen and oxygen atoms in total. The zero-order valence-electron chi connectivity index (χ0n) is 6.99. The fourth-order valence-electron chi connectivity index (χ4n) is 1.01. The number of rotatable bonds is 1. The number of benzene rings is 1. The lowest BCUT2D eigenvalue weighted by Crippen LogP contribution is -1.78. The van der Waals surface area contributed by atoms with Gasteiger partial charge in [0.25, 0.3) is 0 Å². The summed E-state index contributed by atoms with van der Waals surface area (Å²) in [6.45, 7) is 1.84. The molecule has 0 amide bonds. The first-order chi connectivity index (χ1) is 6.25. The van der Waals surface area contributed by atoms with E-state index in [2.05, 4.69) is 9.36 Å². The Bertz CT molecular complexity index is 408. The van der Waals surface area contributed by atoms with Gasteiger partial charge in [-0.15, -0.1) is 0 Å². The second-order valence-electron chi connectivity index (χ2n) is 2.65. The third-order valence-electron chi connectivity index (χ3n) is 1.62. The van der Waals surface area contributed by atoms with Gasteiger partial charge < -0.3 is 0 Å². The fraction of sp³-hybridized carbons (Fsp3) is 0.111. The lowest BCUT2D eigenvalue weighted by atomic mass is 10.2. The van der Waals surface area contributed by atoms with Crippen LogP contribution < -0.4 is 0 Å². The van der Waals surface area contributed by atoms with Crippen LogP contribution in [0.4, 0.5) is 4.39 Å². The minimum Gasteiger partial charge on any atom is -0.220 e. The summed E-state index contributed by atoms with van der Waals surface area (Å²) in [6, 6.07) is 6.25. The molecule has 2 rings (SSSR count). The average Bonchev–Trinajstić information content (AvgIpc) is 2.53. The van der Waals surface area contributed by atoms with Crippen molar-refractivity contribution in [2.75, 3.05) is 0 Å². The number of aromatic nitrogens is 2. The van der Waals surface area contributed by atoms with E-state index in [1.54, 1.807) is 12.1 Å². The van der Waals surface area contributed by atoms with E-state index in [1.165, 1.54) is 23.7 Å². The van der Waals surface area contributed by atoms with Crippen LogP contribution in [-0.4, -0.2) is 9.36 Å². The first-order valence-corrected chi connectivity index (χ1v) is 4.59. The molecule has 0 N–H and O–H groups in total. The molecule has 4 heteroatoms. The average molecular weight is 194 g/mol. The predicted octanol–water partition coefficient (Wildman–Crippen LogP) is 2.65. The third-order valence-corrected chi connectivity index (χ3v) is 2.47. The molecule has 0 aliphatic rings. The molecule has 0 saturated heterocycles. The van der Waals surface area contributed by atoms with Gasteiger partial charge in [0.1, 0.15) is 16.6 Å². The molecule has 0 radical (unpaired) electrons. The molecule has 0 spiro atoms.